The molecule has 1 unspecified atom stereocenters. The number of carbonyl (C=O) groups excluding carboxylic acids is 1. The summed E-state index contributed by atoms with van der Waals surface area (Å²) in [5.74, 6) is -0.0539. The molecule has 1 amide bonds. The molecule has 0 radical (unpaired) electrons. The van der Waals surface area contributed by atoms with Gasteiger partial charge in [0, 0.05) is 26.8 Å². The van der Waals surface area contributed by atoms with Crippen molar-refractivity contribution in [3.8, 4) is 0 Å². The maximum absolute atomic E-state index is 11.1. The van der Waals surface area contributed by atoms with Crippen molar-refractivity contribution in [1.82, 2.24) is 10.6 Å². The highest BCUT2D eigenvalue weighted by atomic mass is 16.5. The maximum atomic E-state index is 11.1. The largest absolute Gasteiger partial charge is 0.392 e. The fourth-order valence-electron chi connectivity index (χ4n) is 0.901. The number of hydrogen-bond donors (Lipinski definition) is 3. The predicted molar refractivity (Wildman–Crippen MR) is 54.1 cm³/mol. The van der Waals surface area contributed by atoms with Crippen molar-refractivity contribution in [3.63, 3.8) is 0 Å². The van der Waals surface area contributed by atoms with Crippen LogP contribution in [0.4, 0.5) is 0 Å². The molecule has 0 saturated heterocycles. The molecular formula is C9H20N2O3. The van der Waals surface area contributed by atoms with Gasteiger partial charge in [0.25, 0.3) is 0 Å². The van der Waals surface area contributed by atoms with Crippen molar-refractivity contribution in [1.29, 1.82) is 0 Å². The first-order valence-electron chi connectivity index (χ1n) is 4.81. The second-order valence-electron chi connectivity index (χ2n) is 3.18. The quantitative estimate of drug-likeness (QED) is 0.449. The minimum absolute atomic E-state index is 0.0539. The molecule has 0 bridgehead atoms. The van der Waals surface area contributed by atoms with E-state index in [1.54, 1.807) is 14.0 Å². The van der Waals surface area contributed by atoms with Crippen molar-refractivity contribution in [2.75, 3.05) is 33.4 Å². The Hall–Kier alpha value is -0.650. The van der Waals surface area contributed by atoms with Crippen molar-refractivity contribution >= 4 is 5.91 Å². The smallest absolute Gasteiger partial charge is 0.233 e. The highest BCUT2D eigenvalue weighted by molar-refractivity contribution is 5.77. The van der Waals surface area contributed by atoms with Gasteiger partial charge in [-0.3, -0.25) is 4.79 Å². The van der Waals surface area contributed by atoms with Crippen LogP contribution in [0.2, 0.25) is 0 Å². The van der Waals surface area contributed by atoms with Gasteiger partial charge in [-0.1, -0.05) is 0 Å². The molecule has 0 aliphatic rings. The molecule has 0 heterocycles. The molecule has 84 valence electrons. The average Bonchev–Trinajstić information content (AvgIpc) is 2.12. The van der Waals surface area contributed by atoms with E-state index >= 15 is 0 Å². The van der Waals surface area contributed by atoms with Crippen molar-refractivity contribution in [2.45, 2.75) is 19.4 Å². The predicted octanol–water partition coefficient (Wildman–Crippen LogP) is -0.890. The normalized spacial score (nSPS) is 12.5. The molecule has 0 saturated carbocycles. The molecule has 0 rings (SSSR count). The van der Waals surface area contributed by atoms with Crippen LogP contribution >= 0.6 is 0 Å². The summed E-state index contributed by atoms with van der Waals surface area (Å²) in [6.45, 7) is 3.64. The minimum atomic E-state index is -0.420. The summed E-state index contributed by atoms with van der Waals surface area (Å²) in [7, 11) is 1.63. The van der Waals surface area contributed by atoms with Crippen LogP contribution in [0.5, 0.6) is 0 Å². The Morgan fingerprint density at radius 1 is 1.57 bits per heavy atom. The third kappa shape index (κ3) is 9.44. The second kappa shape index (κ2) is 8.93. The van der Waals surface area contributed by atoms with Gasteiger partial charge in [0.05, 0.1) is 12.6 Å². The van der Waals surface area contributed by atoms with E-state index in [-0.39, 0.29) is 12.5 Å². The second-order valence-corrected chi connectivity index (χ2v) is 3.18. The lowest BCUT2D eigenvalue weighted by atomic mass is 10.4. The zero-order valence-electron chi connectivity index (χ0n) is 8.88. The van der Waals surface area contributed by atoms with Gasteiger partial charge in [0.15, 0.2) is 0 Å². The Bertz CT molecular complexity index is 151. The van der Waals surface area contributed by atoms with Crippen LogP contribution in [0.25, 0.3) is 0 Å². The summed E-state index contributed by atoms with van der Waals surface area (Å²) in [6, 6.07) is 0. The van der Waals surface area contributed by atoms with E-state index in [0.717, 1.165) is 6.42 Å². The van der Waals surface area contributed by atoms with Crippen molar-refractivity contribution in [2.24, 2.45) is 0 Å². The summed E-state index contributed by atoms with van der Waals surface area (Å²) < 4.78 is 4.84. The monoisotopic (exact) mass is 204 g/mol. The topological polar surface area (TPSA) is 70.6 Å². The van der Waals surface area contributed by atoms with E-state index in [2.05, 4.69) is 10.6 Å². The molecule has 0 aromatic heterocycles. The molecule has 5 heteroatoms. The third-order valence-corrected chi connectivity index (χ3v) is 1.57. The number of amides is 1. The molecule has 3 N–H and O–H groups in total. The van der Waals surface area contributed by atoms with Gasteiger partial charge in [0.1, 0.15) is 0 Å². The van der Waals surface area contributed by atoms with Crippen LogP contribution < -0.4 is 10.6 Å². The summed E-state index contributed by atoms with van der Waals surface area (Å²) in [4.78, 5) is 11.1. The molecule has 1 atom stereocenters. The Labute approximate surface area is 84.8 Å². The number of ether oxygens (including phenoxy) is 1. The minimum Gasteiger partial charge on any atom is -0.392 e. The molecule has 0 aliphatic heterocycles. The van der Waals surface area contributed by atoms with Gasteiger partial charge < -0.3 is 20.5 Å². The summed E-state index contributed by atoms with van der Waals surface area (Å²) in [5.41, 5.74) is 0. The van der Waals surface area contributed by atoms with E-state index in [0.29, 0.717) is 19.7 Å². The highest BCUT2D eigenvalue weighted by Crippen LogP contribution is 1.77. The van der Waals surface area contributed by atoms with Crippen LogP contribution in [0.1, 0.15) is 13.3 Å². The van der Waals surface area contributed by atoms with Gasteiger partial charge in [-0.05, 0) is 13.3 Å². The molecule has 0 fully saturated rings. The van der Waals surface area contributed by atoms with Gasteiger partial charge in [-0.2, -0.15) is 0 Å². The number of aliphatic hydroxyl groups is 1. The molecule has 0 spiro atoms. The number of hydrogen-bond acceptors (Lipinski definition) is 4. The lowest BCUT2D eigenvalue weighted by Gasteiger charge is -2.07. The Kier molecular flexibility index (Phi) is 8.51. The number of carbonyl (C=O) groups is 1. The molecule has 14 heavy (non-hydrogen) atoms. The van der Waals surface area contributed by atoms with Crippen molar-refractivity contribution < 1.29 is 14.6 Å². The van der Waals surface area contributed by atoms with E-state index in [9.17, 15) is 4.79 Å². The lowest BCUT2D eigenvalue weighted by Crippen LogP contribution is -2.37. The first-order chi connectivity index (χ1) is 6.66. The standard InChI is InChI=1S/C9H20N2O3/c1-8(12)6-10-7-9(13)11-4-3-5-14-2/h8,10,12H,3-7H2,1-2H3,(H,11,13). The molecule has 0 aromatic carbocycles. The first-order valence-corrected chi connectivity index (χ1v) is 4.81. The van der Waals surface area contributed by atoms with E-state index in [4.69, 9.17) is 9.84 Å². The third-order valence-electron chi connectivity index (χ3n) is 1.57. The van der Waals surface area contributed by atoms with Gasteiger partial charge in [-0.15, -0.1) is 0 Å². The zero-order valence-corrected chi connectivity index (χ0v) is 8.88. The number of methoxy groups -OCH3 is 1. The highest BCUT2D eigenvalue weighted by Gasteiger charge is 2.00. The van der Waals surface area contributed by atoms with E-state index in [1.807, 2.05) is 0 Å². The van der Waals surface area contributed by atoms with E-state index in [1.165, 1.54) is 0 Å². The van der Waals surface area contributed by atoms with Crippen LogP contribution in [-0.4, -0.2) is 50.5 Å². The lowest BCUT2D eigenvalue weighted by molar-refractivity contribution is -0.120. The first kappa shape index (κ1) is 13.4. The van der Waals surface area contributed by atoms with Crippen LogP contribution in [0.15, 0.2) is 0 Å². The molecule has 0 aliphatic carbocycles. The fourth-order valence-corrected chi connectivity index (χ4v) is 0.901. The fraction of sp³-hybridized carbons (Fsp3) is 0.889. The average molecular weight is 204 g/mol. The van der Waals surface area contributed by atoms with Crippen LogP contribution in [0.3, 0.4) is 0 Å². The molecular weight excluding hydrogens is 184 g/mol. The Morgan fingerprint density at radius 3 is 2.86 bits per heavy atom. The molecule has 5 nitrogen and oxygen atoms in total. The number of rotatable bonds is 8. The SMILES string of the molecule is COCCCNC(=O)CNCC(C)O. The van der Waals surface area contributed by atoms with Gasteiger partial charge >= 0.3 is 0 Å². The van der Waals surface area contributed by atoms with Gasteiger partial charge in [-0.25, -0.2) is 0 Å². The number of nitrogens with one attached hydrogen (secondary N) is 2. The summed E-state index contributed by atoms with van der Waals surface area (Å²) in [6.07, 6.45) is 0.398. The molecule has 0 aromatic rings. The zero-order chi connectivity index (χ0) is 10.8. The number of aliphatic hydroxyl groups excluding tert-OH is 1. The Balaban J connectivity index is 3.20. The Morgan fingerprint density at radius 2 is 2.29 bits per heavy atom. The van der Waals surface area contributed by atoms with Crippen LogP contribution in [0, 0.1) is 0 Å². The maximum Gasteiger partial charge on any atom is 0.233 e. The summed E-state index contributed by atoms with van der Waals surface area (Å²) >= 11 is 0. The van der Waals surface area contributed by atoms with Crippen molar-refractivity contribution in [3.05, 3.63) is 0 Å². The summed E-state index contributed by atoms with van der Waals surface area (Å²) in [5, 5.41) is 14.5. The van der Waals surface area contributed by atoms with Crippen LogP contribution in [-0.2, 0) is 9.53 Å². The van der Waals surface area contributed by atoms with Gasteiger partial charge in [0.2, 0.25) is 5.91 Å². The van der Waals surface area contributed by atoms with E-state index < -0.39 is 6.10 Å².